The summed E-state index contributed by atoms with van der Waals surface area (Å²) in [6.45, 7) is 14.1. The minimum Gasteiger partial charge on any atom is -0.364 e. The number of hydrogen-bond donors (Lipinski definition) is 0. The summed E-state index contributed by atoms with van der Waals surface area (Å²) in [4.78, 5) is 0. The molecule has 0 bridgehead atoms. The maximum atomic E-state index is 5.42. The van der Waals surface area contributed by atoms with Crippen LogP contribution in [0.3, 0.4) is 0 Å². The van der Waals surface area contributed by atoms with E-state index in [4.69, 9.17) is 4.74 Å². The van der Waals surface area contributed by atoms with E-state index < -0.39 is 0 Å². The van der Waals surface area contributed by atoms with Crippen molar-refractivity contribution in [3.05, 3.63) is 35.5 Å². The SMILES string of the molecule is COCn1c(C(C)(C)C)cc2ccc(C(C)(C)C)cc21. The molecule has 1 heterocycles. The van der Waals surface area contributed by atoms with E-state index >= 15 is 0 Å². The van der Waals surface area contributed by atoms with E-state index in [0.717, 1.165) is 0 Å². The van der Waals surface area contributed by atoms with Gasteiger partial charge in [-0.15, -0.1) is 0 Å². The van der Waals surface area contributed by atoms with Crippen LogP contribution < -0.4 is 0 Å². The third kappa shape index (κ3) is 2.76. The summed E-state index contributed by atoms with van der Waals surface area (Å²) >= 11 is 0. The molecule has 2 aromatic rings. The lowest BCUT2D eigenvalue weighted by Crippen LogP contribution is -2.18. The highest BCUT2D eigenvalue weighted by atomic mass is 16.5. The second-order valence-corrected chi connectivity index (χ2v) is 7.65. The Hall–Kier alpha value is -1.28. The normalized spacial score (nSPS) is 13.2. The van der Waals surface area contributed by atoms with E-state index in [-0.39, 0.29) is 10.8 Å². The van der Waals surface area contributed by atoms with Gasteiger partial charge in [0.05, 0.1) is 5.52 Å². The molecule has 2 heteroatoms. The zero-order valence-electron chi connectivity index (χ0n) is 13.9. The van der Waals surface area contributed by atoms with E-state index in [2.05, 4.69) is 70.4 Å². The topological polar surface area (TPSA) is 14.2 Å². The molecule has 0 unspecified atom stereocenters. The van der Waals surface area contributed by atoms with Crippen molar-refractivity contribution in [2.24, 2.45) is 0 Å². The molecule has 110 valence electrons. The molecule has 0 aliphatic heterocycles. The summed E-state index contributed by atoms with van der Waals surface area (Å²) in [6.07, 6.45) is 0. The molecule has 2 nitrogen and oxygen atoms in total. The van der Waals surface area contributed by atoms with Crippen LogP contribution in [0, 0.1) is 0 Å². The van der Waals surface area contributed by atoms with Gasteiger partial charge in [-0.3, -0.25) is 0 Å². The Morgan fingerprint density at radius 3 is 2.10 bits per heavy atom. The van der Waals surface area contributed by atoms with Crippen molar-refractivity contribution in [1.29, 1.82) is 0 Å². The van der Waals surface area contributed by atoms with Gasteiger partial charge in [0.2, 0.25) is 0 Å². The zero-order valence-corrected chi connectivity index (χ0v) is 13.9. The first-order valence-electron chi connectivity index (χ1n) is 7.28. The van der Waals surface area contributed by atoms with Crippen molar-refractivity contribution in [3.8, 4) is 0 Å². The first-order valence-corrected chi connectivity index (χ1v) is 7.28. The predicted molar refractivity (Wildman–Crippen MR) is 86.3 cm³/mol. The van der Waals surface area contributed by atoms with Crippen LogP contribution >= 0.6 is 0 Å². The number of benzene rings is 1. The lowest BCUT2D eigenvalue weighted by molar-refractivity contribution is 0.130. The molecule has 0 fully saturated rings. The van der Waals surface area contributed by atoms with Crippen molar-refractivity contribution >= 4 is 10.9 Å². The van der Waals surface area contributed by atoms with Crippen LogP contribution in [0.5, 0.6) is 0 Å². The standard InChI is InChI=1S/C18H27NO/c1-17(2,3)14-9-8-13-10-16(18(4,5)6)19(12-20-7)15(13)11-14/h8-11H,12H2,1-7H3. The van der Waals surface area contributed by atoms with Crippen LogP contribution in [0.25, 0.3) is 10.9 Å². The Bertz CT molecular complexity index is 609. The fourth-order valence-corrected chi connectivity index (χ4v) is 2.61. The lowest BCUT2D eigenvalue weighted by Gasteiger charge is -2.22. The van der Waals surface area contributed by atoms with Gasteiger partial charge in [-0.2, -0.15) is 0 Å². The quantitative estimate of drug-likeness (QED) is 0.763. The maximum absolute atomic E-state index is 5.42. The largest absolute Gasteiger partial charge is 0.364 e. The second kappa shape index (κ2) is 4.92. The van der Waals surface area contributed by atoms with Crippen molar-refractivity contribution in [2.45, 2.75) is 59.1 Å². The van der Waals surface area contributed by atoms with E-state index in [9.17, 15) is 0 Å². The van der Waals surface area contributed by atoms with E-state index in [1.54, 1.807) is 7.11 Å². The van der Waals surface area contributed by atoms with Crippen molar-refractivity contribution in [1.82, 2.24) is 4.57 Å². The van der Waals surface area contributed by atoms with Crippen LogP contribution in [0.2, 0.25) is 0 Å². The third-order valence-electron chi connectivity index (χ3n) is 3.80. The zero-order chi connectivity index (χ0) is 15.1. The molecule has 2 rings (SSSR count). The van der Waals surface area contributed by atoms with Gasteiger partial charge in [0, 0.05) is 18.2 Å². The fourth-order valence-electron chi connectivity index (χ4n) is 2.61. The summed E-state index contributed by atoms with van der Waals surface area (Å²) in [5, 5.41) is 1.29. The van der Waals surface area contributed by atoms with Crippen molar-refractivity contribution in [2.75, 3.05) is 7.11 Å². The van der Waals surface area contributed by atoms with Gasteiger partial charge in [0.1, 0.15) is 6.73 Å². The number of ether oxygens (including phenoxy) is 1. The van der Waals surface area contributed by atoms with Gasteiger partial charge in [-0.05, 0) is 28.5 Å². The number of fused-ring (bicyclic) bond motifs is 1. The molecular formula is C18H27NO. The van der Waals surface area contributed by atoms with Crippen molar-refractivity contribution < 1.29 is 4.74 Å². The first-order chi connectivity index (χ1) is 9.14. The van der Waals surface area contributed by atoms with Crippen LogP contribution in [0.4, 0.5) is 0 Å². The first kappa shape index (κ1) is 15.1. The molecule has 0 saturated heterocycles. The minimum atomic E-state index is 0.111. The number of aromatic nitrogens is 1. The number of hydrogen-bond acceptors (Lipinski definition) is 1. The summed E-state index contributed by atoms with van der Waals surface area (Å²) in [7, 11) is 1.76. The van der Waals surface area contributed by atoms with Gasteiger partial charge in [-0.1, -0.05) is 53.7 Å². The number of methoxy groups -OCH3 is 1. The minimum absolute atomic E-state index is 0.111. The average Bonchev–Trinajstić information content (AvgIpc) is 2.67. The number of nitrogens with zero attached hydrogens (tertiary/aromatic N) is 1. The monoisotopic (exact) mass is 273 g/mol. The molecule has 1 aromatic heterocycles. The van der Waals surface area contributed by atoms with Crippen LogP contribution in [-0.4, -0.2) is 11.7 Å². The average molecular weight is 273 g/mol. The molecule has 0 atom stereocenters. The van der Waals surface area contributed by atoms with Gasteiger partial charge < -0.3 is 9.30 Å². The molecule has 0 amide bonds. The van der Waals surface area contributed by atoms with E-state index in [0.29, 0.717) is 6.73 Å². The van der Waals surface area contributed by atoms with Crippen LogP contribution in [-0.2, 0) is 22.3 Å². The highest BCUT2D eigenvalue weighted by Crippen LogP contribution is 2.32. The molecule has 0 radical (unpaired) electrons. The Morgan fingerprint density at radius 2 is 1.60 bits per heavy atom. The highest BCUT2D eigenvalue weighted by Gasteiger charge is 2.22. The molecule has 0 aliphatic carbocycles. The van der Waals surface area contributed by atoms with Gasteiger partial charge >= 0.3 is 0 Å². The molecular weight excluding hydrogens is 246 g/mol. The summed E-state index contributed by atoms with van der Waals surface area (Å²) in [5.41, 5.74) is 4.23. The van der Waals surface area contributed by atoms with E-state index in [1.165, 1.54) is 22.2 Å². The third-order valence-corrected chi connectivity index (χ3v) is 3.80. The van der Waals surface area contributed by atoms with Crippen LogP contribution in [0.15, 0.2) is 24.3 Å². The maximum Gasteiger partial charge on any atom is 0.122 e. The van der Waals surface area contributed by atoms with Gasteiger partial charge in [0.25, 0.3) is 0 Å². The summed E-state index contributed by atoms with van der Waals surface area (Å²) < 4.78 is 7.71. The molecule has 0 aliphatic rings. The molecule has 20 heavy (non-hydrogen) atoms. The second-order valence-electron chi connectivity index (χ2n) is 7.65. The number of rotatable bonds is 2. The predicted octanol–water partition coefficient (Wildman–Crippen LogP) is 4.84. The fraction of sp³-hybridized carbons (Fsp3) is 0.556. The lowest BCUT2D eigenvalue weighted by atomic mass is 9.87. The Morgan fingerprint density at radius 1 is 0.950 bits per heavy atom. The Labute approximate surface area is 122 Å². The summed E-state index contributed by atoms with van der Waals surface area (Å²) in [6, 6.07) is 9.08. The molecule has 1 aromatic carbocycles. The Balaban J connectivity index is 2.70. The molecule has 0 N–H and O–H groups in total. The molecule has 0 spiro atoms. The van der Waals surface area contributed by atoms with E-state index in [1.807, 2.05) is 0 Å². The Kier molecular flexibility index (Phi) is 3.72. The van der Waals surface area contributed by atoms with Crippen LogP contribution in [0.1, 0.15) is 52.8 Å². The summed E-state index contributed by atoms with van der Waals surface area (Å²) in [5.74, 6) is 0. The highest BCUT2D eigenvalue weighted by molar-refractivity contribution is 5.82. The van der Waals surface area contributed by atoms with Gasteiger partial charge in [-0.25, -0.2) is 0 Å². The van der Waals surface area contributed by atoms with Crippen molar-refractivity contribution in [3.63, 3.8) is 0 Å². The smallest absolute Gasteiger partial charge is 0.122 e. The molecule has 0 saturated carbocycles. The van der Waals surface area contributed by atoms with Gasteiger partial charge in [0.15, 0.2) is 0 Å².